The number of nitrogens with one attached hydrogen (secondary N) is 1. The fourth-order valence-electron chi connectivity index (χ4n) is 2.85. The molecule has 0 bridgehead atoms. The van der Waals surface area contributed by atoms with E-state index in [1.54, 1.807) is 26.0 Å². The maximum atomic E-state index is 13.0. The zero-order valence-electron chi connectivity index (χ0n) is 12.8. The molecule has 1 aliphatic rings. The second-order valence-electron chi connectivity index (χ2n) is 6.60. The van der Waals surface area contributed by atoms with Crippen molar-refractivity contribution in [2.24, 2.45) is 0 Å². The smallest absolute Gasteiger partial charge is 0.230 e. The average Bonchev–Trinajstić information content (AvgIpc) is 2.46. The molecule has 116 valence electrons. The summed E-state index contributed by atoms with van der Waals surface area (Å²) in [7, 11) is 0. The lowest BCUT2D eigenvalue weighted by atomic mass is 9.82. The minimum atomic E-state index is -0.771. The average molecular weight is 293 g/mol. The van der Waals surface area contributed by atoms with Crippen molar-refractivity contribution in [1.29, 1.82) is 0 Å². The van der Waals surface area contributed by atoms with Gasteiger partial charge in [-0.15, -0.1) is 0 Å². The van der Waals surface area contributed by atoms with Crippen LogP contribution in [0.15, 0.2) is 24.3 Å². The Balaban J connectivity index is 1.99. The quantitative estimate of drug-likeness (QED) is 0.896. The second kappa shape index (κ2) is 6.14. The van der Waals surface area contributed by atoms with Crippen LogP contribution in [0.2, 0.25) is 0 Å². The Bertz CT molecular complexity index is 490. The molecular formula is C17H24FNO2. The van der Waals surface area contributed by atoms with E-state index in [-0.39, 0.29) is 18.3 Å². The number of carbonyl (C=O) groups excluding carboxylic acids is 1. The Morgan fingerprint density at radius 2 is 1.81 bits per heavy atom. The molecule has 0 saturated heterocycles. The Morgan fingerprint density at radius 3 is 2.38 bits per heavy atom. The van der Waals surface area contributed by atoms with Gasteiger partial charge in [-0.2, -0.15) is 0 Å². The summed E-state index contributed by atoms with van der Waals surface area (Å²) in [6.07, 6.45) is 4.65. The van der Waals surface area contributed by atoms with Crippen LogP contribution in [0.25, 0.3) is 0 Å². The van der Waals surface area contributed by atoms with E-state index in [1.807, 2.05) is 0 Å². The summed E-state index contributed by atoms with van der Waals surface area (Å²) in [5, 5.41) is 13.3. The molecule has 0 spiro atoms. The third-order valence-electron chi connectivity index (χ3n) is 4.50. The van der Waals surface area contributed by atoms with E-state index in [0.717, 1.165) is 37.7 Å². The predicted octanol–water partition coefficient (Wildman–Crippen LogP) is 2.91. The highest BCUT2D eigenvalue weighted by atomic mass is 19.1. The fourth-order valence-corrected chi connectivity index (χ4v) is 2.85. The molecule has 0 aromatic heterocycles. The SMILES string of the molecule is CC(C)(C(=O)NCC1(O)CCCCC1)c1ccc(F)cc1. The molecule has 21 heavy (non-hydrogen) atoms. The molecule has 0 atom stereocenters. The van der Waals surface area contributed by atoms with Crippen molar-refractivity contribution in [2.75, 3.05) is 6.54 Å². The molecule has 3 nitrogen and oxygen atoms in total. The Labute approximate surface area is 125 Å². The van der Waals surface area contributed by atoms with Crippen molar-refractivity contribution in [1.82, 2.24) is 5.32 Å². The zero-order valence-corrected chi connectivity index (χ0v) is 12.8. The summed E-state index contributed by atoms with van der Waals surface area (Å²) in [5.74, 6) is -0.459. The van der Waals surface area contributed by atoms with E-state index < -0.39 is 11.0 Å². The van der Waals surface area contributed by atoms with Gasteiger partial charge in [0.15, 0.2) is 0 Å². The third-order valence-corrected chi connectivity index (χ3v) is 4.50. The number of amides is 1. The van der Waals surface area contributed by atoms with Gasteiger partial charge in [-0.25, -0.2) is 4.39 Å². The Hall–Kier alpha value is -1.42. The van der Waals surface area contributed by atoms with Crippen LogP contribution in [0.1, 0.15) is 51.5 Å². The summed E-state index contributed by atoms with van der Waals surface area (Å²) in [6, 6.07) is 5.98. The first-order valence-corrected chi connectivity index (χ1v) is 7.60. The molecule has 0 heterocycles. The normalized spacial score (nSPS) is 18.3. The van der Waals surface area contributed by atoms with Gasteiger partial charge in [0, 0.05) is 6.54 Å². The third kappa shape index (κ3) is 3.82. The molecule has 2 N–H and O–H groups in total. The lowest BCUT2D eigenvalue weighted by Crippen LogP contribution is -2.48. The summed E-state index contributed by atoms with van der Waals surface area (Å²) < 4.78 is 13.0. The maximum Gasteiger partial charge on any atom is 0.230 e. The highest BCUT2D eigenvalue weighted by Crippen LogP contribution is 2.28. The fraction of sp³-hybridized carbons (Fsp3) is 0.588. The first-order chi connectivity index (χ1) is 9.83. The highest BCUT2D eigenvalue weighted by Gasteiger charge is 2.34. The van der Waals surface area contributed by atoms with Crippen LogP contribution in [-0.2, 0) is 10.2 Å². The lowest BCUT2D eigenvalue weighted by Gasteiger charge is -2.33. The van der Waals surface area contributed by atoms with Crippen molar-refractivity contribution >= 4 is 5.91 Å². The van der Waals surface area contributed by atoms with E-state index in [1.165, 1.54) is 12.1 Å². The van der Waals surface area contributed by atoms with Gasteiger partial charge in [0.25, 0.3) is 0 Å². The van der Waals surface area contributed by atoms with Crippen LogP contribution in [0, 0.1) is 5.82 Å². The van der Waals surface area contributed by atoms with Crippen molar-refractivity contribution in [2.45, 2.75) is 57.0 Å². The topological polar surface area (TPSA) is 49.3 Å². The summed E-state index contributed by atoms with van der Waals surface area (Å²) >= 11 is 0. The van der Waals surface area contributed by atoms with Crippen molar-refractivity contribution < 1.29 is 14.3 Å². The molecule has 0 unspecified atom stereocenters. The van der Waals surface area contributed by atoms with Gasteiger partial charge in [-0.3, -0.25) is 4.79 Å². The summed E-state index contributed by atoms with van der Waals surface area (Å²) in [4.78, 5) is 12.4. The van der Waals surface area contributed by atoms with Gasteiger partial charge >= 0.3 is 0 Å². The van der Waals surface area contributed by atoms with E-state index in [0.29, 0.717) is 0 Å². The van der Waals surface area contributed by atoms with Crippen LogP contribution in [0.4, 0.5) is 4.39 Å². The zero-order chi connectivity index (χ0) is 15.5. The van der Waals surface area contributed by atoms with Gasteiger partial charge in [0.2, 0.25) is 5.91 Å². The number of carbonyl (C=O) groups is 1. The molecule has 2 rings (SSSR count). The Kier molecular flexibility index (Phi) is 4.67. The van der Waals surface area contributed by atoms with E-state index in [4.69, 9.17) is 0 Å². The minimum absolute atomic E-state index is 0.145. The highest BCUT2D eigenvalue weighted by molar-refractivity contribution is 5.87. The van der Waals surface area contributed by atoms with Crippen LogP contribution in [0.3, 0.4) is 0 Å². The number of benzene rings is 1. The number of halogens is 1. The molecule has 0 aliphatic heterocycles. The molecule has 1 amide bonds. The summed E-state index contributed by atoms with van der Waals surface area (Å²) in [6.45, 7) is 3.90. The van der Waals surface area contributed by atoms with Gasteiger partial charge < -0.3 is 10.4 Å². The number of hydrogen-bond donors (Lipinski definition) is 2. The monoisotopic (exact) mass is 293 g/mol. The molecular weight excluding hydrogens is 269 g/mol. The van der Waals surface area contributed by atoms with Gasteiger partial charge in [-0.05, 0) is 44.4 Å². The number of rotatable bonds is 4. The van der Waals surface area contributed by atoms with Crippen LogP contribution < -0.4 is 5.32 Å². The number of hydrogen-bond acceptors (Lipinski definition) is 2. The van der Waals surface area contributed by atoms with E-state index >= 15 is 0 Å². The first kappa shape index (κ1) is 16.0. The van der Waals surface area contributed by atoms with E-state index in [9.17, 15) is 14.3 Å². The molecule has 1 fully saturated rings. The van der Waals surface area contributed by atoms with E-state index in [2.05, 4.69) is 5.32 Å². The standard InChI is InChI=1S/C17H24FNO2/c1-16(2,13-6-8-14(18)9-7-13)15(20)19-12-17(21)10-4-3-5-11-17/h6-9,21H,3-5,10-12H2,1-2H3,(H,19,20). The predicted molar refractivity (Wildman–Crippen MR) is 80.5 cm³/mol. The second-order valence-corrected chi connectivity index (χ2v) is 6.60. The molecule has 1 saturated carbocycles. The maximum absolute atomic E-state index is 13.0. The first-order valence-electron chi connectivity index (χ1n) is 7.60. The van der Waals surface area contributed by atoms with Gasteiger partial charge in [0.05, 0.1) is 11.0 Å². The molecule has 1 aromatic rings. The molecule has 1 aliphatic carbocycles. The lowest BCUT2D eigenvalue weighted by molar-refractivity contribution is -0.127. The van der Waals surface area contributed by atoms with Crippen molar-refractivity contribution in [3.63, 3.8) is 0 Å². The van der Waals surface area contributed by atoms with Crippen LogP contribution in [0.5, 0.6) is 0 Å². The minimum Gasteiger partial charge on any atom is -0.388 e. The van der Waals surface area contributed by atoms with Crippen molar-refractivity contribution in [3.8, 4) is 0 Å². The van der Waals surface area contributed by atoms with Crippen molar-refractivity contribution in [3.05, 3.63) is 35.6 Å². The van der Waals surface area contributed by atoms with Gasteiger partial charge in [0.1, 0.15) is 5.82 Å². The Morgan fingerprint density at radius 1 is 1.24 bits per heavy atom. The largest absolute Gasteiger partial charge is 0.388 e. The molecule has 0 radical (unpaired) electrons. The molecule has 1 aromatic carbocycles. The summed E-state index contributed by atoms with van der Waals surface area (Å²) in [5.41, 5.74) is -0.761. The van der Waals surface area contributed by atoms with Crippen LogP contribution >= 0.6 is 0 Å². The number of aliphatic hydroxyl groups is 1. The van der Waals surface area contributed by atoms with Gasteiger partial charge in [-0.1, -0.05) is 31.4 Å². The van der Waals surface area contributed by atoms with Crippen LogP contribution in [-0.4, -0.2) is 23.2 Å². The molecule has 4 heteroatoms.